The van der Waals surface area contributed by atoms with Crippen molar-refractivity contribution in [3.8, 4) is 11.4 Å². The van der Waals surface area contributed by atoms with E-state index in [0.717, 1.165) is 29.2 Å². The van der Waals surface area contributed by atoms with Crippen LogP contribution in [0.25, 0.3) is 11.4 Å². The van der Waals surface area contributed by atoms with Gasteiger partial charge in [-0.25, -0.2) is 19.5 Å². The van der Waals surface area contributed by atoms with Gasteiger partial charge >= 0.3 is 0 Å². The average Bonchev–Trinajstić information content (AvgIpc) is 3.27. The Kier molecular flexibility index (Phi) is 3.74. The van der Waals surface area contributed by atoms with Crippen LogP contribution in [0.3, 0.4) is 0 Å². The van der Waals surface area contributed by atoms with Gasteiger partial charge in [0.05, 0.1) is 18.0 Å². The van der Waals surface area contributed by atoms with E-state index in [2.05, 4.69) is 25.7 Å². The second-order valence-electron chi connectivity index (χ2n) is 6.48. The Labute approximate surface area is 149 Å². The lowest BCUT2D eigenvalue weighted by atomic mass is 10.1. The zero-order chi connectivity index (χ0) is 17.5. The molecule has 0 radical (unpaired) electrons. The van der Waals surface area contributed by atoms with Crippen LogP contribution in [0, 0.1) is 5.82 Å². The molecule has 0 spiro atoms. The molecule has 1 saturated heterocycles. The number of pyridine rings is 1. The van der Waals surface area contributed by atoms with Crippen molar-refractivity contribution in [3.63, 3.8) is 0 Å². The normalized spacial score (nSPS) is 22.2. The number of hydrazine groups is 1. The minimum Gasteiger partial charge on any atom is -0.353 e. The number of nitrogens with zero attached hydrogens (tertiary/aromatic N) is 5. The molecule has 3 aromatic rings. The van der Waals surface area contributed by atoms with Crippen LogP contribution in [0.4, 0.5) is 4.39 Å². The Morgan fingerprint density at radius 1 is 1.19 bits per heavy atom. The van der Waals surface area contributed by atoms with E-state index >= 15 is 0 Å². The van der Waals surface area contributed by atoms with Crippen LogP contribution >= 0.6 is 0 Å². The van der Waals surface area contributed by atoms with Crippen LogP contribution in [0.2, 0.25) is 0 Å². The Bertz CT molecular complexity index is 913. The van der Waals surface area contributed by atoms with Crippen molar-refractivity contribution < 1.29 is 9.13 Å². The molecule has 0 aliphatic carbocycles. The predicted octanol–water partition coefficient (Wildman–Crippen LogP) is 1.90. The van der Waals surface area contributed by atoms with E-state index in [9.17, 15) is 4.39 Å². The summed E-state index contributed by atoms with van der Waals surface area (Å²) in [6.07, 6.45) is 1.59. The molecule has 8 heteroatoms. The van der Waals surface area contributed by atoms with E-state index in [-0.39, 0.29) is 18.1 Å². The first-order valence-corrected chi connectivity index (χ1v) is 8.50. The van der Waals surface area contributed by atoms with Gasteiger partial charge in [-0.1, -0.05) is 23.4 Å². The number of hydrogen-bond acceptors (Lipinski definition) is 6. The maximum atomic E-state index is 13.1. The van der Waals surface area contributed by atoms with E-state index in [1.165, 1.54) is 12.1 Å². The van der Waals surface area contributed by atoms with Gasteiger partial charge in [0, 0.05) is 19.3 Å². The Hall–Kier alpha value is -2.68. The van der Waals surface area contributed by atoms with Crippen molar-refractivity contribution in [2.45, 2.75) is 25.4 Å². The highest BCUT2D eigenvalue weighted by Gasteiger charge is 2.40. The number of benzene rings is 1. The van der Waals surface area contributed by atoms with Crippen molar-refractivity contribution >= 4 is 0 Å². The summed E-state index contributed by atoms with van der Waals surface area (Å²) in [6, 6.07) is 12.3. The van der Waals surface area contributed by atoms with Gasteiger partial charge in [-0.3, -0.25) is 4.98 Å². The van der Waals surface area contributed by atoms with Gasteiger partial charge in [-0.05, 0) is 29.8 Å². The monoisotopic (exact) mass is 352 g/mol. The number of fused-ring (bicyclic) bond motifs is 3. The highest BCUT2D eigenvalue weighted by molar-refractivity contribution is 5.56. The molecule has 0 saturated carbocycles. The number of ether oxygens (including phenoxy) is 1. The Balaban J connectivity index is 1.37. The molecule has 2 aliphatic rings. The maximum Gasteiger partial charge on any atom is 0.145 e. The quantitative estimate of drug-likeness (QED) is 0.777. The molecule has 0 bridgehead atoms. The van der Waals surface area contributed by atoms with Crippen LogP contribution in [-0.2, 0) is 17.9 Å². The number of rotatable bonds is 3. The molecule has 2 atom stereocenters. The standard InChI is InChI=1S/C18H17FN6O/c19-13-6-4-12(5-7-13)9-24-10-15-18(22-24)26-11-16-17(21-23-25(15)16)14-3-1-2-8-20-14/h1-8,15,18,22H,9-11H2/t15-,18-/m0/s1. The fraction of sp³-hybridized carbons (Fsp3) is 0.278. The zero-order valence-corrected chi connectivity index (χ0v) is 13.9. The van der Waals surface area contributed by atoms with Gasteiger partial charge in [-0.2, -0.15) is 0 Å². The van der Waals surface area contributed by atoms with Crippen LogP contribution in [0.1, 0.15) is 17.3 Å². The minimum absolute atomic E-state index is 0.0316. The summed E-state index contributed by atoms with van der Waals surface area (Å²) < 4.78 is 21.0. The predicted molar refractivity (Wildman–Crippen MR) is 90.8 cm³/mol. The highest BCUT2D eigenvalue weighted by Crippen LogP contribution is 2.32. The van der Waals surface area contributed by atoms with Crippen molar-refractivity contribution in [2.24, 2.45) is 0 Å². The van der Waals surface area contributed by atoms with Crippen molar-refractivity contribution in [3.05, 3.63) is 65.7 Å². The lowest BCUT2D eigenvalue weighted by molar-refractivity contribution is -0.0350. The number of halogens is 1. The molecule has 5 rings (SSSR count). The van der Waals surface area contributed by atoms with Gasteiger partial charge < -0.3 is 4.74 Å². The van der Waals surface area contributed by atoms with Gasteiger partial charge in [0.2, 0.25) is 0 Å². The molecule has 2 aliphatic heterocycles. The fourth-order valence-electron chi connectivity index (χ4n) is 3.50. The third-order valence-corrected chi connectivity index (χ3v) is 4.77. The molecule has 0 unspecified atom stereocenters. The van der Waals surface area contributed by atoms with Gasteiger partial charge in [0.1, 0.15) is 23.8 Å². The first-order chi connectivity index (χ1) is 12.8. The van der Waals surface area contributed by atoms with Crippen LogP contribution < -0.4 is 5.43 Å². The van der Waals surface area contributed by atoms with Crippen molar-refractivity contribution in [2.75, 3.05) is 6.54 Å². The summed E-state index contributed by atoms with van der Waals surface area (Å²) in [5.74, 6) is -0.227. The maximum absolute atomic E-state index is 13.1. The summed E-state index contributed by atoms with van der Waals surface area (Å²) in [4.78, 5) is 4.36. The number of hydrogen-bond donors (Lipinski definition) is 1. The molecule has 2 aromatic heterocycles. The lowest BCUT2D eigenvalue weighted by Crippen LogP contribution is -2.39. The van der Waals surface area contributed by atoms with Gasteiger partial charge in [-0.15, -0.1) is 5.10 Å². The van der Waals surface area contributed by atoms with E-state index in [1.54, 1.807) is 18.3 Å². The van der Waals surface area contributed by atoms with Crippen LogP contribution in [-0.4, -0.2) is 37.8 Å². The second-order valence-corrected chi connectivity index (χ2v) is 6.48. The average molecular weight is 352 g/mol. The van der Waals surface area contributed by atoms with E-state index < -0.39 is 0 Å². The summed E-state index contributed by atoms with van der Waals surface area (Å²) in [5.41, 5.74) is 6.89. The highest BCUT2D eigenvalue weighted by atomic mass is 19.1. The molecule has 1 N–H and O–H groups in total. The summed E-state index contributed by atoms with van der Waals surface area (Å²) in [7, 11) is 0. The SMILES string of the molecule is Fc1ccc(CN2C[C@H]3[C@@H](N2)OCc2c(-c4ccccn4)nnn23)cc1. The van der Waals surface area contributed by atoms with Crippen LogP contribution in [0.5, 0.6) is 0 Å². The molecule has 1 fully saturated rings. The first kappa shape index (κ1) is 15.6. The first-order valence-electron chi connectivity index (χ1n) is 8.50. The van der Waals surface area contributed by atoms with E-state index in [4.69, 9.17) is 4.74 Å². The smallest absolute Gasteiger partial charge is 0.145 e. The molecule has 132 valence electrons. The molecule has 4 heterocycles. The van der Waals surface area contributed by atoms with Crippen molar-refractivity contribution in [1.82, 2.24) is 30.4 Å². The molecular weight excluding hydrogens is 335 g/mol. The van der Waals surface area contributed by atoms with Gasteiger partial charge in [0.25, 0.3) is 0 Å². The Morgan fingerprint density at radius 2 is 2.08 bits per heavy atom. The largest absolute Gasteiger partial charge is 0.353 e. The topological polar surface area (TPSA) is 68.1 Å². The summed E-state index contributed by atoms with van der Waals surface area (Å²) in [5, 5.41) is 10.8. The Morgan fingerprint density at radius 3 is 2.88 bits per heavy atom. The number of nitrogens with one attached hydrogen (secondary N) is 1. The van der Waals surface area contributed by atoms with Crippen LogP contribution in [0.15, 0.2) is 48.7 Å². The fourth-order valence-corrected chi connectivity index (χ4v) is 3.50. The van der Waals surface area contributed by atoms with E-state index in [1.807, 2.05) is 22.9 Å². The van der Waals surface area contributed by atoms with Crippen molar-refractivity contribution in [1.29, 1.82) is 0 Å². The second kappa shape index (κ2) is 6.24. The number of aromatic nitrogens is 4. The zero-order valence-electron chi connectivity index (χ0n) is 13.9. The third-order valence-electron chi connectivity index (χ3n) is 4.77. The van der Waals surface area contributed by atoms with Gasteiger partial charge in [0.15, 0.2) is 0 Å². The summed E-state index contributed by atoms with van der Waals surface area (Å²) in [6.45, 7) is 1.81. The minimum atomic E-state index is -0.227. The molecular formula is C18H17FN6O. The third kappa shape index (κ3) is 2.68. The summed E-state index contributed by atoms with van der Waals surface area (Å²) >= 11 is 0. The molecule has 0 amide bonds. The van der Waals surface area contributed by atoms with E-state index in [0.29, 0.717) is 13.2 Å². The molecule has 1 aromatic carbocycles. The lowest BCUT2D eigenvalue weighted by Gasteiger charge is -2.25. The molecule has 26 heavy (non-hydrogen) atoms. The molecule has 7 nitrogen and oxygen atoms in total.